The van der Waals surface area contributed by atoms with E-state index in [-0.39, 0.29) is 5.91 Å². The fourth-order valence-electron chi connectivity index (χ4n) is 1.80. The first-order valence-corrected chi connectivity index (χ1v) is 4.47. The van der Waals surface area contributed by atoms with Crippen molar-refractivity contribution in [2.45, 2.75) is 24.7 Å². The highest BCUT2D eigenvalue weighted by molar-refractivity contribution is 5.87. The SMILES string of the molecule is NC(=O)C1(c2ccccn2)CCC1. The van der Waals surface area contributed by atoms with E-state index in [0.29, 0.717) is 0 Å². The number of pyridine rings is 1. The highest BCUT2D eigenvalue weighted by Gasteiger charge is 2.45. The predicted molar refractivity (Wildman–Crippen MR) is 49.0 cm³/mol. The van der Waals surface area contributed by atoms with E-state index in [4.69, 9.17) is 5.73 Å². The molecule has 1 aliphatic carbocycles. The molecule has 0 radical (unpaired) electrons. The number of nitrogens with two attached hydrogens (primary N) is 1. The molecule has 1 fully saturated rings. The zero-order valence-corrected chi connectivity index (χ0v) is 7.36. The number of aromatic nitrogens is 1. The molecule has 1 saturated carbocycles. The Kier molecular flexibility index (Phi) is 1.79. The van der Waals surface area contributed by atoms with Crippen LogP contribution in [0.25, 0.3) is 0 Å². The lowest BCUT2D eigenvalue weighted by Crippen LogP contribution is -2.47. The summed E-state index contributed by atoms with van der Waals surface area (Å²) in [5.74, 6) is -0.238. The first kappa shape index (κ1) is 8.23. The molecule has 1 aromatic rings. The molecule has 0 saturated heterocycles. The Hall–Kier alpha value is -1.38. The third kappa shape index (κ3) is 1.11. The highest BCUT2D eigenvalue weighted by atomic mass is 16.1. The van der Waals surface area contributed by atoms with Crippen LogP contribution < -0.4 is 5.73 Å². The van der Waals surface area contributed by atoms with Gasteiger partial charge >= 0.3 is 0 Å². The molecule has 0 bridgehead atoms. The topological polar surface area (TPSA) is 56.0 Å². The third-order valence-electron chi connectivity index (χ3n) is 2.83. The summed E-state index contributed by atoms with van der Waals surface area (Å²) in [5.41, 5.74) is 5.76. The Morgan fingerprint density at radius 1 is 1.46 bits per heavy atom. The van der Waals surface area contributed by atoms with Crippen molar-refractivity contribution in [2.75, 3.05) is 0 Å². The van der Waals surface area contributed by atoms with Crippen molar-refractivity contribution in [3.63, 3.8) is 0 Å². The summed E-state index contributed by atoms with van der Waals surface area (Å²) in [7, 11) is 0. The average molecular weight is 176 g/mol. The number of primary amides is 1. The van der Waals surface area contributed by atoms with Crippen molar-refractivity contribution in [1.82, 2.24) is 4.98 Å². The summed E-state index contributed by atoms with van der Waals surface area (Å²) >= 11 is 0. The molecule has 0 aromatic carbocycles. The molecule has 0 aliphatic heterocycles. The molecule has 13 heavy (non-hydrogen) atoms. The lowest BCUT2D eigenvalue weighted by atomic mass is 9.66. The minimum Gasteiger partial charge on any atom is -0.369 e. The maximum absolute atomic E-state index is 11.3. The number of hydrogen-bond donors (Lipinski definition) is 1. The number of nitrogens with zero attached hydrogens (tertiary/aromatic N) is 1. The lowest BCUT2D eigenvalue weighted by Gasteiger charge is -2.38. The smallest absolute Gasteiger partial charge is 0.229 e. The van der Waals surface area contributed by atoms with Crippen molar-refractivity contribution >= 4 is 5.91 Å². The molecule has 1 aliphatic rings. The molecule has 3 heteroatoms. The summed E-state index contributed by atoms with van der Waals surface area (Å²) < 4.78 is 0. The van der Waals surface area contributed by atoms with E-state index in [9.17, 15) is 4.79 Å². The molecule has 2 N–H and O–H groups in total. The van der Waals surface area contributed by atoms with Crippen LogP contribution in [0.2, 0.25) is 0 Å². The molecule has 0 atom stereocenters. The predicted octanol–water partition coefficient (Wildman–Crippen LogP) is 0.989. The van der Waals surface area contributed by atoms with E-state index in [1.165, 1.54) is 0 Å². The number of hydrogen-bond acceptors (Lipinski definition) is 2. The molecule has 1 heterocycles. The van der Waals surface area contributed by atoms with Crippen LogP contribution in [0.5, 0.6) is 0 Å². The normalized spacial score (nSPS) is 19.1. The van der Waals surface area contributed by atoms with Crippen LogP contribution >= 0.6 is 0 Å². The fraction of sp³-hybridized carbons (Fsp3) is 0.400. The molecular formula is C10H12N2O. The van der Waals surface area contributed by atoms with Crippen LogP contribution in [0.1, 0.15) is 25.0 Å². The second-order valence-electron chi connectivity index (χ2n) is 3.51. The molecule has 1 amide bonds. The number of amides is 1. The summed E-state index contributed by atoms with van der Waals surface area (Å²) in [4.78, 5) is 15.5. The highest BCUT2D eigenvalue weighted by Crippen LogP contribution is 2.42. The van der Waals surface area contributed by atoms with E-state index in [0.717, 1.165) is 25.0 Å². The number of rotatable bonds is 2. The van der Waals surface area contributed by atoms with Crippen LogP contribution in [0, 0.1) is 0 Å². The Morgan fingerprint density at radius 3 is 2.62 bits per heavy atom. The molecule has 0 unspecified atom stereocenters. The standard InChI is InChI=1S/C10H12N2O/c11-9(13)10(5-3-6-10)8-4-1-2-7-12-8/h1-2,4,7H,3,5-6H2,(H2,11,13). The van der Waals surface area contributed by atoms with Gasteiger partial charge < -0.3 is 5.73 Å². The molecule has 1 aromatic heterocycles. The Morgan fingerprint density at radius 2 is 2.23 bits per heavy atom. The summed E-state index contributed by atoms with van der Waals surface area (Å²) in [6.45, 7) is 0. The fourth-order valence-corrected chi connectivity index (χ4v) is 1.80. The van der Waals surface area contributed by atoms with Gasteiger partial charge in [0.25, 0.3) is 0 Å². The first-order chi connectivity index (χ1) is 6.26. The van der Waals surface area contributed by atoms with Gasteiger partial charge in [0.05, 0.1) is 11.1 Å². The number of carbonyl (C=O) groups excluding carboxylic acids is 1. The minimum atomic E-state index is -0.457. The van der Waals surface area contributed by atoms with Gasteiger partial charge in [-0.25, -0.2) is 0 Å². The van der Waals surface area contributed by atoms with Gasteiger partial charge in [0.2, 0.25) is 5.91 Å². The lowest BCUT2D eigenvalue weighted by molar-refractivity contribution is -0.126. The molecule has 2 rings (SSSR count). The minimum absolute atomic E-state index is 0.238. The van der Waals surface area contributed by atoms with Crippen LogP contribution in [0.3, 0.4) is 0 Å². The monoisotopic (exact) mass is 176 g/mol. The van der Waals surface area contributed by atoms with Gasteiger partial charge in [0.1, 0.15) is 0 Å². The Labute approximate surface area is 77.0 Å². The zero-order chi connectivity index (χ0) is 9.31. The van der Waals surface area contributed by atoms with Crippen molar-refractivity contribution in [2.24, 2.45) is 5.73 Å². The van der Waals surface area contributed by atoms with E-state index in [1.807, 2.05) is 18.2 Å². The van der Waals surface area contributed by atoms with E-state index >= 15 is 0 Å². The van der Waals surface area contributed by atoms with Gasteiger partial charge in [-0.1, -0.05) is 12.5 Å². The van der Waals surface area contributed by atoms with Crippen molar-refractivity contribution in [3.05, 3.63) is 30.1 Å². The molecule has 3 nitrogen and oxygen atoms in total. The molecule has 0 spiro atoms. The van der Waals surface area contributed by atoms with E-state index < -0.39 is 5.41 Å². The second kappa shape index (κ2) is 2.83. The first-order valence-electron chi connectivity index (χ1n) is 4.47. The van der Waals surface area contributed by atoms with E-state index in [2.05, 4.69) is 4.98 Å². The molecular weight excluding hydrogens is 164 g/mol. The summed E-state index contributed by atoms with van der Waals surface area (Å²) in [6.07, 6.45) is 4.47. The maximum Gasteiger partial charge on any atom is 0.229 e. The summed E-state index contributed by atoms with van der Waals surface area (Å²) in [5, 5.41) is 0. The van der Waals surface area contributed by atoms with Crippen LogP contribution in [0.15, 0.2) is 24.4 Å². The third-order valence-corrected chi connectivity index (χ3v) is 2.83. The van der Waals surface area contributed by atoms with E-state index in [1.54, 1.807) is 6.20 Å². The second-order valence-corrected chi connectivity index (χ2v) is 3.51. The zero-order valence-electron chi connectivity index (χ0n) is 7.36. The average Bonchev–Trinajstić information content (AvgIpc) is 2.03. The van der Waals surface area contributed by atoms with Gasteiger partial charge in [0.15, 0.2) is 0 Å². The van der Waals surface area contributed by atoms with Gasteiger partial charge in [-0.3, -0.25) is 9.78 Å². The van der Waals surface area contributed by atoms with Crippen LogP contribution in [0.4, 0.5) is 0 Å². The number of carbonyl (C=O) groups is 1. The quantitative estimate of drug-likeness (QED) is 0.730. The van der Waals surface area contributed by atoms with Crippen LogP contribution in [-0.4, -0.2) is 10.9 Å². The van der Waals surface area contributed by atoms with Gasteiger partial charge in [0, 0.05) is 6.20 Å². The Bertz CT molecular complexity index is 317. The van der Waals surface area contributed by atoms with Crippen molar-refractivity contribution < 1.29 is 4.79 Å². The van der Waals surface area contributed by atoms with Gasteiger partial charge in [-0.05, 0) is 25.0 Å². The largest absolute Gasteiger partial charge is 0.369 e. The molecule has 68 valence electrons. The van der Waals surface area contributed by atoms with Crippen molar-refractivity contribution in [1.29, 1.82) is 0 Å². The summed E-state index contributed by atoms with van der Waals surface area (Å²) in [6, 6.07) is 5.62. The Balaban J connectivity index is 2.38. The van der Waals surface area contributed by atoms with Gasteiger partial charge in [-0.15, -0.1) is 0 Å². The van der Waals surface area contributed by atoms with Gasteiger partial charge in [-0.2, -0.15) is 0 Å². The van der Waals surface area contributed by atoms with Crippen molar-refractivity contribution in [3.8, 4) is 0 Å². The maximum atomic E-state index is 11.3. The van der Waals surface area contributed by atoms with Crippen LogP contribution in [-0.2, 0) is 10.2 Å².